The van der Waals surface area contributed by atoms with E-state index in [0.29, 0.717) is 0 Å². The van der Waals surface area contributed by atoms with Crippen molar-refractivity contribution in [3.63, 3.8) is 0 Å². The second-order valence-corrected chi connectivity index (χ2v) is 17.7. The minimum absolute atomic E-state index is 1.25. The summed E-state index contributed by atoms with van der Waals surface area (Å²) in [6.45, 7) is 0. The van der Waals surface area contributed by atoms with Gasteiger partial charge in [-0.25, -0.2) is 0 Å². The molecule has 0 saturated heterocycles. The van der Waals surface area contributed by atoms with E-state index in [9.17, 15) is 0 Å². The molecule has 0 aliphatic rings. The predicted molar refractivity (Wildman–Crippen MR) is 151 cm³/mol. The molecule has 5 aromatic carbocycles. The minimum atomic E-state index is -3.08. The molecule has 0 aliphatic heterocycles. The summed E-state index contributed by atoms with van der Waals surface area (Å²) in [5, 5.41) is 5.47. The van der Waals surface area contributed by atoms with Gasteiger partial charge in [-0.2, -0.15) is 0 Å². The van der Waals surface area contributed by atoms with Gasteiger partial charge in [0.25, 0.3) is 0 Å². The van der Waals surface area contributed by atoms with E-state index in [1.807, 2.05) is 0 Å². The van der Waals surface area contributed by atoms with Gasteiger partial charge in [0.15, 0.2) is 0 Å². The summed E-state index contributed by atoms with van der Waals surface area (Å²) in [5.41, 5.74) is 2.54. The fourth-order valence-corrected chi connectivity index (χ4v) is 13.8. The molecule has 0 aliphatic carbocycles. The van der Waals surface area contributed by atoms with E-state index in [1.54, 1.807) is 0 Å². The van der Waals surface area contributed by atoms with Gasteiger partial charge >= 0.3 is 204 Å². The summed E-state index contributed by atoms with van der Waals surface area (Å²) in [6, 6.07) is 53.0. The summed E-state index contributed by atoms with van der Waals surface area (Å²) in [4.78, 5) is 0. The topological polar surface area (TPSA) is 0 Å². The van der Waals surface area contributed by atoms with E-state index in [1.165, 1.54) is 32.3 Å². The standard InChI is InChI=1S/C30H24IP/c31-32(26-17-7-2-8-18-26,27-19-9-3-10-20-27,28-21-11-4-12-22-28)30-24-14-13-23-29(30)25-15-5-1-6-16-25/h1-24H. The maximum absolute atomic E-state index is 3.08. The Morgan fingerprint density at radius 1 is 0.375 bits per heavy atom. The molecule has 0 N–H and O–H groups in total. The number of halogens is 1. The van der Waals surface area contributed by atoms with Gasteiger partial charge in [-0.3, -0.25) is 0 Å². The summed E-state index contributed by atoms with van der Waals surface area (Å²) < 4.78 is -3.08. The van der Waals surface area contributed by atoms with Crippen LogP contribution >= 0.6 is 26.3 Å². The first-order valence-electron chi connectivity index (χ1n) is 10.8. The van der Waals surface area contributed by atoms with Crippen LogP contribution in [0.15, 0.2) is 146 Å². The van der Waals surface area contributed by atoms with Crippen molar-refractivity contribution in [2.45, 2.75) is 0 Å². The fourth-order valence-electron chi connectivity index (χ4n) is 4.69. The predicted octanol–water partition coefficient (Wildman–Crippen LogP) is 6.86. The first-order chi connectivity index (χ1) is 15.7. The van der Waals surface area contributed by atoms with Crippen molar-refractivity contribution in [1.82, 2.24) is 0 Å². The molecule has 0 nitrogen and oxygen atoms in total. The van der Waals surface area contributed by atoms with Crippen LogP contribution in [-0.4, -0.2) is 0 Å². The van der Waals surface area contributed by atoms with E-state index < -0.39 is 4.25 Å². The molecule has 0 atom stereocenters. The van der Waals surface area contributed by atoms with Crippen LogP contribution < -0.4 is 21.2 Å². The summed E-state index contributed by atoms with van der Waals surface area (Å²) >= 11 is 2.85. The average molecular weight is 542 g/mol. The van der Waals surface area contributed by atoms with Crippen molar-refractivity contribution in [3.8, 4) is 11.1 Å². The summed E-state index contributed by atoms with van der Waals surface area (Å²) in [7, 11) is 0. The normalized spacial score (nSPS) is 12.6. The summed E-state index contributed by atoms with van der Waals surface area (Å²) in [6.07, 6.45) is 0. The molecule has 0 spiro atoms. The monoisotopic (exact) mass is 542 g/mol. The zero-order valence-electron chi connectivity index (χ0n) is 17.7. The maximum atomic E-state index is 2.85. The molecule has 0 fully saturated rings. The van der Waals surface area contributed by atoms with Gasteiger partial charge < -0.3 is 0 Å². The molecule has 5 aromatic rings. The second-order valence-electron chi connectivity index (χ2n) is 7.90. The van der Waals surface area contributed by atoms with E-state index in [-0.39, 0.29) is 0 Å². The molecule has 0 amide bonds. The van der Waals surface area contributed by atoms with Crippen LogP contribution in [0.25, 0.3) is 11.1 Å². The zero-order valence-corrected chi connectivity index (χ0v) is 20.7. The number of benzene rings is 5. The quantitative estimate of drug-likeness (QED) is 0.168. The molecule has 32 heavy (non-hydrogen) atoms. The number of hydrogen-bond acceptors (Lipinski definition) is 0. The van der Waals surface area contributed by atoms with Crippen LogP contribution in [0.5, 0.6) is 0 Å². The summed E-state index contributed by atoms with van der Waals surface area (Å²) in [5.74, 6) is 0. The Bertz CT molecular complexity index is 1220. The molecular formula is C30H24IP. The van der Waals surface area contributed by atoms with Crippen molar-refractivity contribution < 1.29 is 0 Å². The van der Waals surface area contributed by atoms with E-state index >= 15 is 0 Å². The Morgan fingerprint density at radius 3 is 1.16 bits per heavy atom. The first-order valence-corrected chi connectivity index (χ1v) is 15.8. The first kappa shape index (κ1) is 21.1. The van der Waals surface area contributed by atoms with Crippen molar-refractivity contribution in [3.05, 3.63) is 146 Å². The molecule has 2 heteroatoms. The zero-order chi connectivity index (χ0) is 21.9. The van der Waals surface area contributed by atoms with Gasteiger partial charge in [-0.05, 0) is 0 Å². The van der Waals surface area contributed by atoms with Crippen molar-refractivity contribution in [2.24, 2.45) is 0 Å². The third-order valence-corrected chi connectivity index (χ3v) is 17.8. The molecule has 0 radical (unpaired) electrons. The van der Waals surface area contributed by atoms with Gasteiger partial charge in [0.2, 0.25) is 0 Å². The molecule has 0 bridgehead atoms. The van der Waals surface area contributed by atoms with Gasteiger partial charge in [0.1, 0.15) is 0 Å². The van der Waals surface area contributed by atoms with Crippen molar-refractivity contribution in [2.75, 3.05) is 0 Å². The van der Waals surface area contributed by atoms with Gasteiger partial charge in [-0.15, -0.1) is 0 Å². The van der Waals surface area contributed by atoms with Gasteiger partial charge in [0.05, 0.1) is 0 Å². The Hall–Kier alpha value is -2.74. The van der Waals surface area contributed by atoms with Crippen LogP contribution in [-0.2, 0) is 0 Å². The van der Waals surface area contributed by atoms with E-state index in [0.717, 1.165) is 0 Å². The van der Waals surface area contributed by atoms with Crippen LogP contribution in [0.2, 0.25) is 0 Å². The molecule has 5 rings (SSSR count). The Kier molecular flexibility index (Phi) is 5.71. The van der Waals surface area contributed by atoms with Crippen LogP contribution in [0.3, 0.4) is 0 Å². The van der Waals surface area contributed by atoms with E-state index in [4.69, 9.17) is 0 Å². The molecule has 0 aromatic heterocycles. The molecule has 0 saturated carbocycles. The SMILES string of the molecule is IP(c1ccccc1)(c1ccccc1)(c1ccccc1)c1ccccc1-c1ccccc1. The Labute approximate surface area is 203 Å². The Morgan fingerprint density at radius 2 is 0.719 bits per heavy atom. The van der Waals surface area contributed by atoms with Crippen LogP contribution in [0.1, 0.15) is 0 Å². The number of rotatable bonds is 5. The molecule has 0 heterocycles. The molecule has 0 unspecified atom stereocenters. The van der Waals surface area contributed by atoms with Gasteiger partial charge in [-0.1, -0.05) is 0 Å². The Balaban J connectivity index is 2.01. The third kappa shape index (κ3) is 3.23. The third-order valence-electron chi connectivity index (χ3n) is 6.16. The second kappa shape index (κ2) is 8.65. The van der Waals surface area contributed by atoms with Crippen molar-refractivity contribution >= 4 is 47.5 Å². The van der Waals surface area contributed by atoms with Gasteiger partial charge in [0, 0.05) is 0 Å². The van der Waals surface area contributed by atoms with Crippen LogP contribution in [0, 0.1) is 0 Å². The van der Waals surface area contributed by atoms with E-state index in [2.05, 4.69) is 168 Å². The molecule has 156 valence electrons. The van der Waals surface area contributed by atoms with Crippen LogP contribution in [0.4, 0.5) is 0 Å². The fraction of sp³-hybridized carbons (Fsp3) is 0. The average Bonchev–Trinajstić information content (AvgIpc) is 2.90. The van der Waals surface area contributed by atoms with Crippen molar-refractivity contribution in [1.29, 1.82) is 0 Å². The molecular weight excluding hydrogens is 518 g/mol. The number of hydrogen-bond donors (Lipinski definition) is 0.